The molecule has 2 aromatic carbocycles. The van der Waals surface area contributed by atoms with Gasteiger partial charge in [-0.05, 0) is 23.8 Å². The molecule has 0 saturated heterocycles. The summed E-state index contributed by atoms with van der Waals surface area (Å²) >= 11 is 1.49. The number of rotatable bonds is 5. The second kappa shape index (κ2) is 6.38. The highest BCUT2D eigenvalue weighted by Crippen LogP contribution is 2.31. The average molecular weight is 293 g/mol. The van der Waals surface area contributed by atoms with Crippen LogP contribution in [0.1, 0.15) is 5.56 Å². The zero-order valence-electron chi connectivity index (χ0n) is 10.7. The van der Waals surface area contributed by atoms with Gasteiger partial charge in [0.1, 0.15) is 5.75 Å². The fraction of sp³-hybridized carbons (Fsp3) is 0.143. The van der Waals surface area contributed by atoms with E-state index in [0.717, 1.165) is 10.6 Å². The zero-order chi connectivity index (χ0) is 14.5. The summed E-state index contributed by atoms with van der Waals surface area (Å²) in [5, 5.41) is 10.5. The number of hydrogen-bond donors (Lipinski definition) is 0. The molecule has 6 heteroatoms. The minimum Gasteiger partial charge on any atom is -0.496 e. The molecule has 0 unspecified atom stereocenters. The largest absolute Gasteiger partial charge is 0.496 e. The van der Waals surface area contributed by atoms with Gasteiger partial charge in [0.05, 0.1) is 12.0 Å². The molecule has 0 aromatic heterocycles. The van der Waals surface area contributed by atoms with E-state index in [9.17, 15) is 14.5 Å². The first-order chi connectivity index (χ1) is 9.61. The quantitative estimate of drug-likeness (QED) is 0.474. The van der Waals surface area contributed by atoms with Crippen molar-refractivity contribution in [2.45, 2.75) is 10.6 Å². The van der Waals surface area contributed by atoms with Gasteiger partial charge in [-0.15, -0.1) is 11.8 Å². The van der Waals surface area contributed by atoms with Crippen molar-refractivity contribution >= 4 is 17.4 Å². The van der Waals surface area contributed by atoms with Crippen LogP contribution >= 0.6 is 11.8 Å². The lowest BCUT2D eigenvalue weighted by atomic mass is 10.2. The van der Waals surface area contributed by atoms with Crippen molar-refractivity contribution in [2.24, 2.45) is 0 Å². The minimum atomic E-state index is -0.812. The summed E-state index contributed by atoms with van der Waals surface area (Å²) in [6.07, 6.45) is 0. The monoisotopic (exact) mass is 293 g/mol. The topological polar surface area (TPSA) is 52.4 Å². The summed E-state index contributed by atoms with van der Waals surface area (Å²) < 4.78 is 18.7. The lowest BCUT2D eigenvalue weighted by molar-refractivity contribution is -0.387. The first-order valence-electron chi connectivity index (χ1n) is 5.80. The van der Waals surface area contributed by atoms with Gasteiger partial charge in [-0.3, -0.25) is 10.1 Å². The van der Waals surface area contributed by atoms with E-state index >= 15 is 0 Å². The smallest absolute Gasteiger partial charge is 0.304 e. The first kappa shape index (κ1) is 14.3. The Labute approximate surface area is 119 Å². The number of methoxy groups -OCH3 is 1. The zero-order valence-corrected chi connectivity index (χ0v) is 11.5. The Hall–Kier alpha value is -2.08. The van der Waals surface area contributed by atoms with E-state index in [4.69, 9.17) is 4.74 Å². The van der Waals surface area contributed by atoms with E-state index in [-0.39, 0.29) is 0 Å². The van der Waals surface area contributed by atoms with E-state index in [0.29, 0.717) is 11.3 Å². The van der Waals surface area contributed by atoms with Gasteiger partial charge < -0.3 is 4.74 Å². The predicted molar refractivity (Wildman–Crippen MR) is 75.6 cm³/mol. The number of benzene rings is 2. The number of para-hydroxylation sites is 1. The van der Waals surface area contributed by atoms with E-state index in [1.54, 1.807) is 13.2 Å². The number of halogens is 1. The standard InChI is InChI=1S/C14H12FNO3S/c1-19-13-4-2-3-5-14(13)20-9-10-6-7-12(16(17)18)11(15)8-10/h2-8H,9H2,1H3. The van der Waals surface area contributed by atoms with Crippen LogP contribution in [-0.2, 0) is 5.75 Å². The molecule has 0 radical (unpaired) electrons. The van der Waals surface area contributed by atoms with E-state index in [2.05, 4.69) is 0 Å². The molecule has 0 N–H and O–H groups in total. The van der Waals surface area contributed by atoms with E-state index in [1.807, 2.05) is 24.3 Å². The summed E-state index contributed by atoms with van der Waals surface area (Å²) in [7, 11) is 1.59. The minimum absolute atomic E-state index is 0.504. The van der Waals surface area contributed by atoms with E-state index < -0.39 is 16.4 Å². The molecular weight excluding hydrogens is 281 g/mol. The van der Waals surface area contributed by atoms with Crippen LogP contribution in [0.3, 0.4) is 0 Å². The van der Waals surface area contributed by atoms with Crippen LogP contribution in [0.25, 0.3) is 0 Å². The van der Waals surface area contributed by atoms with Crippen LogP contribution in [0.2, 0.25) is 0 Å². The first-order valence-corrected chi connectivity index (χ1v) is 6.79. The van der Waals surface area contributed by atoms with Crippen LogP contribution in [0.15, 0.2) is 47.4 Å². The molecule has 2 rings (SSSR count). The second-order valence-corrected chi connectivity index (χ2v) is 5.00. The number of ether oxygens (including phenoxy) is 1. The fourth-order valence-electron chi connectivity index (χ4n) is 1.69. The van der Waals surface area contributed by atoms with Crippen LogP contribution in [0, 0.1) is 15.9 Å². The molecular formula is C14H12FNO3S. The maximum atomic E-state index is 13.5. The molecule has 0 saturated carbocycles. The molecule has 0 aliphatic heterocycles. The number of nitro benzene ring substituents is 1. The Morgan fingerprint density at radius 3 is 2.70 bits per heavy atom. The lowest BCUT2D eigenvalue weighted by Crippen LogP contribution is -1.93. The summed E-state index contributed by atoms with van der Waals surface area (Å²) in [4.78, 5) is 10.7. The van der Waals surface area contributed by atoms with Crippen molar-refractivity contribution in [1.82, 2.24) is 0 Å². The van der Waals surface area contributed by atoms with Crippen LogP contribution in [0.5, 0.6) is 5.75 Å². The molecule has 0 fully saturated rings. The number of nitrogens with zero attached hydrogens (tertiary/aromatic N) is 1. The van der Waals surface area contributed by atoms with Crippen molar-refractivity contribution in [1.29, 1.82) is 0 Å². The summed E-state index contributed by atoms with van der Waals surface area (Å²) in [5.74, 6) is 0.447. The number of thioether (sulfide) groups is 1. The van der Waals surface area contributed by atoms with Gasteiger partial charge in [0.25, 0.3) is 0 Å². The summed E-state index contributed by atoms with van der Waals surface area (Å²) in [6.45, 7) is 0. The molecule has 0 heterocycles. The van der Waals surface area contributed by atoms with Gasteiger partial charge >= 0.3 is 5.69 Å². The van der Waals surface area contributed by atoms with Gasteiger partial charge in [0.15, 0.2) is 0 Å². The lowest BCUT2D eigenvalue weighted by Gasteiger charge is -2.07. The highest BCUT2D eigenvalue weighted by atomic mass is 32.2. The normalized spacial score (nSPS) is 10.3. The maximum Gasteiger partial charge on any atom is 0.304 e. The SMILES string of the molecule is COc1ccccc1SCc1ccc([N+](=O)[O-])c(F)c1. The summed E-state index contributed by atoms with van der Waals surface area (Å²) in [6, 6.07) is 11.5. The summed E-state index contributed by atoms with van der Waals surface area (Å²) in [5.41, 5.74) is 0.181. The molecule has 20 heavy (non-hydrogen) atoms. The number of nitro groups is 1. The van der Waals surface area contributed by atoms with Crippen molar-refractivity contribution in [2.75, 3.05) is 7.11 Å². The Morgan fingerprint density at radius 2 is 2.05 bits per heavy atom. The second-order valence-electron chi connectivity index (χ2n) is 3.98. The van der Waals surface area contributed by atoms with Crippen molar-refractivity contribution in [3.63, 3.8) is 0 Å². The maximum absolute atomic E-state index is 13.5. The van der Waals surface area contributed by atoms with Crippen molar-refractivity contribution in [3.05, 3.63) is 64.0 Å². The third kappa shape index (κ3) is 3.27. The Bertz CT molecular complexity index is 634. The Kier molecular flexibility index (Phi) is 4.57. The van der Waals surface area contributed by atoms with Crippen molar-refractivity contribution < 1.29 is 14.1 Å². The third-order valence-corrected chi connectivity index (χ3v) is 3.80. The van der Waals surface area contributed by atoms with Gasteiger partial charge in [-0.2, -0.15) is 4.39 Å². The molecule has 0 amide bonds. The molecule has 0 spiro atoms. The molecule has 104 valence electrons. The van der Waals surface area contributed by atoms with Crippen molar-refractivity contribution in [3.8, 4) is 5.75 Å². The highest BCUT2D eigenvalue weighted by Gasteiger charge is 2.14. The van der Waals surface area contributed by atoms with Gasteiger partial charge in [-0.25, -0.2) is 0 Å². The third-order valence-electron chi connectivity index (χ3n) is 2.67. The van der Waals surface area contributed by atoms with Crippen LogP contribution < -0.4 is 4.74 Å². The van der Waals surface area contributed by atoms with Gasteiger partial charge in [0, 0.05) is 16.7 Å². The molecule has 0 aliphatic carbocycles. The van der Waals surface area contributed by atoms with E-state index in [1.165, 1.54) is 23.9 Å². The molecule has 4 nitrogen and oxygen atoms in total. The van der Waals surface area contributed by atoms with Gasteiger partial charge in [-0.1, -0.05) is 18.2 Å². The average Bonchev–Trinajstić information content (AvgIpc) is 2.45. The molecule has 0 atom stereocenters. The Morgan fingerprint density at radius 1 is 1.30 bits per heavy atom. The number of hydrogen-bond acceptors (Lipinski definition) is 4. The van der Waals surface area contributed by atoms with Crippen LogP contribution in [0.4, 0.5) is 10.1 Å². The molecule has 0 bridgehead atoms. The predicted octanol–water partition coefficient (Wildman–Crippen LogP) is 4.03. The highest BCUT2D eigenvalue weighted by molar-refractivity contribution is 7.98. The van der Waals surface area contributed by atoms with Crippen LogP contribution in [-0.4, -0.2) is 12.0 Å². The fourth-order valence-corrected chi connectivity index (χ4v) is 2.66. The Balaban J connectivity index is 2.11. The molecule has 2 aromatic rings. The van der Waals surface area contributed by atoms with Gasteiger partial charge in [0.2, 0.25) is 5.82 Å². The molecule has 0 aliphatic rings.